The average molecular weight is 669 g/mol. The van der Waals surface area contributed by atoms with Gasteiger partial charge in [0.2, 0.25) is 17.6 Å². The molecule has 3 N–H and O–H groups in total. The lowest BCUT2D eigenvalue weighted by atomic mass is 9.94. The van der Waals surface area contributed by atoms with Crippen LogP contribution in [0.1, 0.15) is 43.5 Å². The predicted molar refractivity (Wildman–Crippen MR) is 157 cm³/mol. The number of aromatic nitrogens is 1. The van der Waals surface area contributed by atoms with E-state index in [4.69, 9.17) is 16.3 Å². The lowest BCUT2D eigenvalue weighted by molar-refractivity contribution is -0.165. The molecule has 0 fully saturated rings. The minimum atomic E-state index is -5.00. The summed E-state index contributed by atoms with van der Waals surface area (Å²) in [6.07, 6.45) is -3.32. The van der Waals surface area contributed by atoms with Crippen molar-refractivity contribution in [1.82, 2.24) is 20.9 Å². The number of hydrogen-bond acceptors (Lipinski definition) is 6. The van der Waals surface area contributed by atoms with Crippen LogP contribution in [0.15, 0.2) is 79.1 Å². The summed E-state index contributed by atoms with van der Waals surface area (Å²) in [6.45, 7) is 0.484. The zero-order valence-corrected chi connectivity index (χ0v) is 25.2. The number of benzene rings is 2. The van der Waals surface area contributed by atoms with E-state index in [1.54, 1.807) is 54.6 Å². The Hall–Kier alpha value is -4.59. The first-order valence-corrected chi connectivity index (χ1v) is 14.2. The van der Waals surface area contributed by atoms with Gasteiger partial charge in [-0.1, -0.05) is 67.9 Å². The van der Waals surface area contributed by atoms with E-state index in [0.717, 1.165) is 5.32 Å². The van der Waals surface area contributed by atoms with E-state index in [2.05, 4.69) is 15.6 Å². The number of Topliss-reactive ketones (excluding diaryl/α,β-unsaturated/α-hetero) is 1. The molecule has 0 aliphatic rings. The molecular weight excluding hydrogens is 639 g/mol. The van der Waals surface area contributed by atoms with Gasteiger partial charge in [0.25, 0.3) is 5.91 Å². The minimum Gasteiger partial charge on any atom is -0.484 e. The topological polar surface area (TPSA) is 126 Å². The maximum absolute atomic E-state index is 14.7. The second-order valence-corrected chi connectivity index (χ2v) is 10.9. The number of halogens is 6. The molecule has 0 bridgehead atoms. The van der Waals surface area contributed by atoms with Crippen LogP contribution in [0.5, 0.6) is 5.75 Å². The molecular formula is C31H30ClF5N4O5. The van der Waals surface area contributed by atoms with E-state index in [1.807, 2.05) is 0 Å². The number of nitrogens with one attached hydrogen (secondary N) is 3. The molecule has 9 nitrogen and oxygen atoms in total. The van der Waals surface area contributed by atoms with Gasteiger partial charge >= 0.3 is 12.1 Å². The summed E-state index contributed by atoms with van der Waals surface area (Å²) < 4.78 is 72.8. The minimum absolute atomic E-state index is 0.213. The van der Waals surface area contributed by atoms with E-state index in [-0.39, 0.29) is 12.0 Å². The lowest BCUT2D eigenvalue weighted by Gasteiger charge is -2.28. The third kappa shape index (κ3) is 10.2. The maximum atomic E-state index is 14.7. The van der Waals surface area contributed by atoms with Gasteiger partial charge in [0.1, 0.15) is 24.4 Å². The third-order valence-electron chi connectivity index (χ3n) is 6.50. The van der Waals surface area contributed by atoms with Gasteiger partial charge in [-0.15, -0.1) is 0 Å². The molecule has 1 unspecified atom stereocenters. The van der Waals surface area contributed by atoms with E-state index in [1.165, 1.54) is 38.4 Å². The van der Waals surface area contributed by atoms with Crippen molar-refractivity contribution in [3.05, 3.63) is 95.3 Å². The fraction of sp³-hybridized carbons (Fsp3) is 0.323. The molecule has 1 heterocycles. The molecule has 0 aliphatic carbocycles. The Kier molecular flexibility index (Phi) is 12.2. The van der Waals surface area contributed by atoms with Crippen molar-refractivity contribution in [2.75, 3.05) is 6.54 Å². The van der Waals surface area contributed by atoms with Crippen molar-refractivity contribution in [1.29, 1.82) is 0 Å². The van der Waals surface area contributed by atoms with Crippen molar-refractivity contribution in [2.45, 2.75) is 50.6 Å². The van der Waals surface area contributed by atoms with Crippen LogP contribution >= 0.6 is 11.6 Å². The molecule has 0 spiro atoms. The Bertz CT molecular complexity index is 1510. The Morgan fingerprint density at radius 2 is 1.57 bits per heavy atom. The van der Waals surface area contributed by atoms with Gasteiger partial charge in [-0.05, 0) is 41.3 Å². The Labute approximate surface area is 265 Å². The molecule has 3 atom stereocenters. The maximum Gasteiger partial charge on any atom is 0.405 e. The predicted octanol–water partition coefficient (Wildman–Crippen LogP) is 5.13. The number of ketones is 1. The van der Waals surface area contributed by atoms with Crippen LogP contribution in [0.25, 0.3) is 0 Å². The highest BCUT2D eigenvalue weighted by Crippen LogP contribution is 2.28. The van der Waals surface area contributed by atoms with Gasteiger partial charge in [0.15, 0.2) is 0 Å². The van der Waals surface area contributed by atoms with Crippen LogP contribution in [0, 0.1) is 5.92 Å². The molecule has 46 heavy (non-hydrogen) atoms. The standard InChI is InChI=1S/C31H30ClF5N4O5/c1-18(2)25(27(43)31(36,37)29(45)39-17-30(33,34)35)41-28(44)26(19-8-4-3-5-9-19)40-24(42)15-23(20-10-6-11-21(32)14-20)46-22-12-7-13-38-16-22/h3-14,16,18,23,25-26H,15,17H2,1-2H3,(H,39,45)(H,40,42)(H,41,44)/t23?,25-,26-/m0/s1. The molecule has 0 saturated heterocycles. The quantitative estimate of drug-likeness (QED) is 0.162. The van der Waals surface area contributed by atoms with Crippen molar-refractivity contribution in [2.24, 2.45) is 5.92 Å². The van der Waals surface area contributed by atoms with E-state index >= 15 is 0 Å². The van der Waals surface area contributed by atoms with Gasteiger partial charge < -0.3 is 20.7 Å². The highest BCUT2D eigenvalue weighted by atomic mass is 35.5. The molecule has 3 rings (SSSR count). The number of rotatable bonds is 14. The Balaban J connectivity index is 1.84. The lowest BCUT2D eigenvalue weighted by Crippen LogP contribution is -2.58. The highest BCUT2D eigenvalue weighted by molar-refractivity contribution is 6.30. The average Bonchev–Trinajstić information content (AvgIpc) is 3.00. The molecule has 0 aliphatic heterocycles. The molecule has 15 heteroatoms. The number of alkyl halides is 5. The monoisotopic (exact) mass is 668 g/mol. The van der Waals surface area contributed by atoms with Gasteiger partial charge in [-0.2, -0.15) is 22.0 Å². The van der Waals surface area contributed by atoms with Crippen LogP contribution in [-0.4, -0.2) is 53.2 Å². The largest absolute Gasteiger partial charge is 0.484 e. The second-order valence-electron chi connectivity index (χ2n) is 10.4. The van der Waals surface area contributed by atoms with E-state index in [9.17, 15) is 41.1 Å². The summed E-state index contributed by atoms with van der Waals surface area (Å²) in [5, 5.41) is 6.03. The smallest absolute Gasteiger partial charge is 0.405 e. The van der Waals surface area contributed by atoms with Crippen LogP contribution < -0.4 is 20.7 Å². The summed E-state index contributed by atoms with van der Waals surface area (Å²) in [6, 6.07) is 13.9. The van der Waals surface area contributed by atoms with Crippen molar-refractivity contribution < 1.29 is 45.9 Å². The third-order valence-corrected chi connectivity index (χ3v) is 6.73. The fourth-order valence-electron chi connectivity index (χ4n) is 4.22. The zero-order valence-electron chi connectivity index (χ0n) is 24.5. The SMILES string of the molecule is CC(C)[C@H](NC(=O)[C@@H](NC(=O)CC(Oc1cccnc1)c1cccc(Cl)c1)c1ccccc1)C(=O)C(F)(F)C(=O)NCC(F)(F)F. The van der Waals surface area contributed by atoms with Crippen LogP contribution in [-0.2, 0) is 19.2 Å². The number of carbonyl (C=O) groups excluding carboxylic acids is 4. The molecule has 246 valence electrons. The highest BCUT2D eigenvalue weighted by Gasteiger charge is 2.52. The first-order valence-electron chi connectivity index (χ1n) is 13.8. The zero-order chi connectivity index (χ0) is 34.1. The van der Waals surface area contributed by atoms with Crippen molar-refractivity contribution in [3.63, 3.8) is 0 Å². The second kappa shape index (κ2) is 15.6. The van der Waals surface area contributed by atoms with Gasteiger partial charge in [-0.25, -0.2) is 0 Å². The van der Waals surface area contributed by atoms with Gasteiger partial charge in [-0.3, -0.25) is 24.2 Å². The van der Waals surface area contributed by atoms with Crippen LogP contribution in [0.2, 0.25) is 5.02 Å². The fourth-order valence-corrected chi connectivity index (χ4v) is 4.42. The molecule has 3 amide bonds. The van der Waals surface area contributed by atoms with Crippen LogP contribution in [0.3, 0.4) is 0 Å². The van der Waals surface area contributed by atoms with Gasteiger partial charge in [0.05, 0.1) is 18.7 Å². The first-order chi connectivity index (χ1) is 21.6. The van der Waals surface area contributed by atoms with Crippen LogP contribution in [0.4, 0.5) is 22.0 Å². The number of nitrogens with zero attached hydrogens (tertiary/aromatic N) is 1. The molecule has 3 aromatic rings. The first kappa shape index (κ1) is 35.9. The molecule has 1 aromatic heterocycles. The Morgan fingerprint density at radius 1 is 0.891 bits per heavy atom. The Morgan fingerprint density at radius 3 is 2.15 bits per heavy atom. The summed E-state index contributed by atoms with van der Waals surface area (Å²) in [7, 11) is 0. The molecule has 0 saturated carbocycles. The number of ether oxygens (including phenoxy) is 1. The summed E-state index contributed by atoms with van der Waals surface area (Å²) in [5.41, 5.74) is 0.731. The van der Waals surface area contributed by atoms with Crippen molar-refractivity contribution >= 4 is 35.1 Å². The molecule has 2 aromatic carbocycles. The number of amides is 3. The number of pyridine rings is 1. The summed E-state index contributed by atoms with van der Waals surface area (Å²) in [5.74, 6) is -12.0. The van der Waals surface area contributed by atoms with Crippen molar-refractivity contribution in [3.8, 4) is 5.75 Å². The molecule has 0 radical (unpaired) electrons. The normalized spacial score (nSPS) is 13.7. The van der Waals surface area contributed by atoms with E-state index < -0.39 is 66.3 Å². The number of carbonyl (C=O) groups is 4. The summed E-state index contributed by atoms with van der Waals surface area (Å²) in [4.78, 5) is 55.5. The van der Waals surface area contributed by atoms with Gasteiger partial charge in [0, 0.05) is 11.2 Å². The number of hydrogen-bond donors (Lipinski definition) is 3. The summed E-state index contributed by atoms with van der Waals surface area (Å²) >= 11 is 6.15. The van der Waals surface area contributed by atoms with E-state index in [0.29, 0.717) is 16.3 Å².